The topological polar surface area (TPSA) is 12.4 Å². The van der Waals surface area contributed by atoms with Crippen molar-refractivity contribution in [3.8, 4) is 0 Å². The molecule has 0 fully saturated rings. The van der Waals surface area contributed by atoms with Crippen molar-refractivity contribution in [3.05, 3.63) is 11.3 Å². The van der Waals surface area contributed by atoms with Crippen LogP contribution in [0, 0.1) is 0 Å². The monoisotopic (exact) mass is 251 g/mol. The van der Waals surface area contributed by atoms with E-state index in [-0.39, 0.29) is 0 Å². The Kier molecular flexibility index (Phi) is 6.18. The van der Waals surface area contributed by atoms with Crippen molar-refractivity contribution >= 4 is 13.4 Å². The highest BCUT2D eigenvalue weighted by molar-refractivity contribution is 7.10. The van der Waals surface area contributed by atoms with Gasteiger partial charge in [-0.05, 0) is 32.6 Å². The molecule has 0 spiro atoms. The van der Waals surface area contributed by atoms with E-state index in [9.17, 15) is 0 Å². The van der Waals surface area contributed by atoms with Crippen LogP contribution in [0.1, 0.15) is 59.3 Å². The molecule has 1 aliphatic rings. The third kappa shape index (κ3) is 3.54. The second-order valence-corrected chi connectivity index (χ2v) is 9.94. The molecular weight excluding hydrogens is 222 g/mol. The summed E-state index contributed by atoms with van der Waals surface area (Å²) in [6.45, 7) is 10.5. The minimum absolute atomic E-state index is 1.08. The molecule has 1 nitrogen and oxygen atoms in total. The van der Waals surface area contributed by atoms with Crippen molar-refractivity contribution in [1.29, 1.82) is 0 Å². The Morgan fingerprint density at radius 1 is 1.24 bits per heavy atom. The summed E-state index contributed by atoms with van der Waals surface area (Å²) in [5.74, 6) is 0. The first-order valence-corrected chi connectivity index (χ1v) is 10.1. The molecule has 0 aromatic heterocycles. The van der Waals surface area contributed by atoms with Crippen LogP contribution in [0.3, 0.4) is 0 Å². The minimum Gasteiger partial charge on any atom is -0.298 e. The summed E-state index contributed by atoms with van der Waals surface area (Å²) in [6.07, 6.45) is 10.3. The average Bonchev–Trinajstić information content (AvgIpc) is 2.29. The van der Waals surface area contributed by atoms with Crippen molar-refractivity contribution in [1.82, 2.24) is 0 Å². The summed E-state index contributed by atoms with van der Waals surface area (Å²) >= 11 is 0. The van der Waals surface area contributed by atoms with Crippen molar-refractivity contribution in [2.75, 3.05) is 6.54 Å². The summed E-state index contributed by atoms with van der Waals surface area (Å²) in [5, 5.41) is 3.31. The second-order valence-electron chi connectivity index (χ2n) is 5.35. The highest BCUT2D eigenvalue weighted by Gasteiger charge is 2.33. The van der Waals surface area contributed by atoms with E-state index in [1.165, 1.54) is 44.6 Å². The van der Waals surface area contributed by atoms with Gasteiger partial charge in [0, 0.05) is 11.9 Å². The van der Waals surface area contributed by atoms with Gasteiger partial charge in [-0.3, -0.25) is 4.99 Å². The van der Waals surface area contributed by atoms with Crippen LogP contribution in [0.5, 0.6) is 0 Å². The van der Waals surface area contributed by atoms with Crippen LogP contribution >= 0.6 is 0 Å². The number of allylic oxidation sites excluding steroid dienone is 2. The molecule has 1 atom stereocenters. The maximum Gasteiger partial charge on any atom is 0.127 e. The number of hydrogen-bond acceptors (Lipinski definition) is 1. The molecule has 1 unspecified atom stereocenters. The molecule has 0 amide bonds. The van der Waals surface area contributed by atoms with Crippen molar-refractivity contribution in [2.24, 2.45) is 4.99 Å². The molecule has 0 radical (unpaired) electrons. The van der Waals surface area contributed by atoms with Crippen molar-refractivity contribution in [2.45, 2.75) is 71.9 Å². The number of aliphatic imine (C=N–C) groups is 1. The van der Waals surface area contributed by atoms with Gasteiger partial charge in [-0.25, -0.2) is 0 Å². The number of nitrogens with zero attached hydrogens (tertiary/aromatic N) is 1. The zero-order chi connectivity index (χ0) is 12.7. The quantitative estimate of drug-likeness (QED) is 0.629. The van der Waals surface area contributed by atoms with E-state index in [1.54, 1.807) is 10.5 Å². The molecule has 1 heterocycles. The zero-order valence-corrected chi connectivity index (χ0v) is 13.2. The lowest BCUT2D eigenvalue weighted by Crippen LogP contribution is -2.43. The third-order valence-electron chi connectivity index (χ3n) is 4.41. The van der Waals surface area contributed by atoms with Crippen molar-refractivity contribution in [3.63, 3.8) is 0 Å². The van der Waals surface area contributed by atoms with Gasteiger partial charge in [0.25, 0.3) is 0 Å². The van der Waals surface area contributed by atoms with Gasteiger partial charge in [0.1, 0.15) is 8.07 Å². The lowest BCUT2D eigenvalue weighted by atomic mass is 10.1. The highest BCUT2D eigenvalue weighted by atomic mass is 28.3. The van der Waals surface area contributed by atoms with E-state index in [1.807, 2.05) is 0 Å². The highest BCUT2D eigenvalue weighted by Crippen LogP contribution is 2.27. The predicted molar refractivity (Wildman–Crippen MR) is 81.5 cm³/mol. The van der Waals surface area contributed by atoms with Crippen LogP contribution in [0.25, 0.3) is 0 Å². The summed E-state index contributed by atoms with van der Waals surface area (Å²) in [4.78, 5) is 4.98. The van der Waals surface area contributed by atoms with Gasteiger partial charge in [-0.2, -0.15) is 0 Å². The molecule has 0 aliphatic carbocycles. The third-order valence-corrected chi connectivity index (χ3v) is 9.56. The van der Waals surface area contributed by atoms with Crippen LogP contribution < -0.4 is 0 Å². The van der Waals surface area contributed by atoms with Crippen LogP contribution in [0.15, 0.2) is 16.3 Å². The Hall–Kier alpha value is -0.373. The van der Waals surface area contributed by atoms with Gasteiger partial charge < -0.3 is 0 Å². The maximum absolute atomic E-state index is 4.98. The Bertz CT molecular complexity index is 293. The average molecular weight is 251 g/mol. The van der Waals surface area contributed by atoms with E-state index in [0.29, 0.717) is 0 Å². The summed E-state index contributed by atoms with van der Waals surface area (Å²) in [5.41, 5.74) is 0. The predicted octanol–water partition coefficient (Wildman–Crippen LogP) is 4.92. The van der Waals surface area contributed by atoms with E-state index in [4.69, 9.17) is 4.99 Å². The fourth-order valence-corrected chi connectivity index (χ4v) is 6.87. The second kappa shape index (κ2) is 7.15. The minimum atomic E-state index is -1.40. The molecule has 0 bridgehead atoms. The zero-order valence-electron chi connectivity index (χ0n) is 12.2. The van der Waals surface area contributed by atoms with E-state index < -0.39 is 8.07 Å². The smallest absolute Gasteiger partial charge is 0.127 e. The van der Waals surface area contributed by atoms with E-state index >= 15 is 0 Å². The molecular formula is C15H29NSi. The van der Waals surface area contributed by atoms with Gasteiger partial charge in [0.05, 0.1) is 0 Å². The molecule has 17 heavy (non-hydrogen) atoms. The molecule has 0 saturated carbocycles. The summed E-state index contributed by atoms with van der Waals surface area (Å²) in [6, 6.07) is 1.32. The van der Waals surface area contributed by atoms with Gasteiger partial charge in [0.2, 0.25) is 0 Å². The molecule has 98 valence electrons. The molecule has 0 N–H and O–H groups in total. The van der Waals surface area contributed by atoms with Gasteiger partial charge in [-0.15, -0.1) is 0 Å². The summed E-state index contributed by atoms with van der Waals surface area (Å²) < 4.78 is 0. The Balaban J connectivity index is 2.97. The standard InChI is InChI=1S/C15H29NSi/c1-5-14(6-2)17(4,7-3)15-12-10-8-9-11-13-16-15/h5H,6-13H2,1-4H3/b14-5+,16-15?. The number of hydrogen-bond donors (Lipinski definition) is 0. The fraction of sp³-hybridized carbons (Fsp3) is 0.800. The SMILES string of the molecule is C/C=C(\CC)[Si](C)(CC)C1=NCCCCCC1. The summed E-state index contributed by atoms with van der Waals surface area (Å²) in [7, 11) is -1.40. The lowest BCUT2D eigenvalue weighted by molar-refractivity contribution is 0.646. The molecule has 0 aromatic rings. The van der Waals surface area contributed by atoms with Crippen LogP contribution in [-0.2, 0) is 0 Å². The maximum atomic E-state index is 4.98. The van der Waals surface area contributed by atoms with Gasteiger partial charge in [0.15, 0.2) is 0 Å². The normalized spacial score (nSPS) is 22.4. The number of rotatable bonds is 4. The first kappa shape index (κ1) is 14.7. The lowest BCUT2D eigenvalue weighted by Gasteiger charge is -2.31. The Morgan fingerprint density at radius 2 is 1.94 bits per heavy atom. The first-order valence-electron chi connectivity index (χ1n) is 7.38. The Morgan fingerprint density at radius 3 is 2.53 bits per heavy atom. The molecule has 1 rings (SSSR count). The molecule has 2 heteroatoms. The van der Waals surface area contributed by atoms with Gasteiger partial charge in [-0.1, -0.05) is 50.6 Å². The fourth-order valence-electron chi connectivity index (χ4n) is 3.03. The first-order chi connectivity index (χ1) is 8.19. The van der Waals surface area contributed by atoms with E-state index in [2.05, 4.69) is 33.4 Å². The molecule has 0 aromatic carbocycles. The van der Waals surface area contributed by atoms with Crippen LogP contribution in [0.4, 0.5) is 0 Å². The van der Waals surface area contributed by atoms with E-state index in [0.717, 1.165) is 6.54 Å². The van der Waals surface area contributed by atoms with Crippen molar-refractivity contribution < 1.29 is 0 Å². The largest absolute Gasteiger partial charge is 0.298 e. The van der Waals surface area contributed by atoms with Crippen LogP contribution in [-0.4, -0.2) is 20.0 Å². The van der Waals surface area contributed by atoms with Crippen LogP contribution in [0.2, 0.25) is 12.6 Å². The molecule has 0 saturated heterocycles. The Labute approximate surface area is 108 Å². The van der Waals surface area contributed by atoms with Gasteiger partial charge >= 0.3 is 0 Å². The molecule has 1 aliphatic heterocycles.